The number of alkyl halides is 3. The molecule has 1 aromatic rings. The quantitative estimate of drug-likeness (QED) is 0.813. The molecule has 1 aliphatic heterocycles. The summed E-state index contributed by atoms with van der Waals surface area (Å²) in [5, 5.41) is 0. The Morgan fingerprint density at radius 3 is 2.12 bits per heavy atom. The zero-order chi connectivity index (χ0) is 19.5. The molecule has 1 aliphatic rings. The Hall–Kier alpha value is -2.58. The van der Waals surface area contributed by atoms with E-state index >= 15 is 0 Å². The van der Waals surface area contributed by atoms with Crippen molar-refractivity contribution < 1.29 is 27.6 Å². The summed E-state index contributed by atoms with van der Waals surface area (Å²) in [4.78, 5) is 39.8. The molecule has 3 amide bonds. The highest BCUT2D eigenvalue weighted by Gasteiger charge is 2.31. The van der Waals surface area contributed by atoms with Gasteiger partial charge in [0.15, 0.2) is 0 Å². The lowest BCUT2D eigenvalue weighted by atomic mass is 10.1. The van der Waals surface area contributed by atoms with Crippen molar-refractivity contribution in [2.24, 2.45) is 0 Å². The molecule has 142 valence electrons. The molecule has 0 N–H and O–H groups in total. The summed E-state index contributed by atoms with van der Waals surface area (Å²) >= 11 is 0. The van der Waals surface area contributed by atoms with Gasteiger partial charge in [-0.05, 0) is 18.2 Å². The Kier molecular flexibility index (Phi) is 5.89. The molecule has 26 heavy (non-hydrogen) atoms. The first kappa shape index (κ1) is 19.7. The van der Waals surface area contributed by atoms with Crippen LogP contribution in [0.5, 0.6) is 0 Å². The van der Waals surface area contributed by atoms with Crippen molar-refractivity contribution in [1.29, 1.82) is 0 Å². The summed E-state index contributed by atoms with van der Waals surface area (Å²) in [5.74, 6) is -0.979. The first-order valence-electron chi connectivity index (χ1n) is 8.08. The fraction of sp³-hybridized carbons (Fsp3) is 0.471. The molecule has 0 atom stereocenters. The van der Waals surface area contributed by atoms with Gasteiger partial charge in [0.25, 0.3) is 0 Å². The average Bonchev–Trinajstić information content (AvgIpc) is 2.58. The highest BCUT2D eigenvalue weighted by atomic mass is 19.4. The summed E-state index contributed by atoms with van der Waals surface area (Å²) in [6.07, 6.45) is -4.54. The Morgan fingerprint density at radius 1 is 1.04 bits per heavy atom. The van der Waals surface area contributed by atoms with E-state index in [9.17, 15) is 27.6 Å². The predicted molar refractivity (Wildman–Crippen MR) is 88.3 cm³/mol. The fourth-order valence-corrected chi connectivity index (χ4v) is 2.74. The molecule has 0 bridgehead atoms. The van der Waals surface area contributed by atoms with Crippen molar-refractivity contribution in [3.63, 3.8) is 0 Å². The van der Waals surface area contributed by atoms with Crippen LogP contribution in [-0.2, 0) is 20.6 Å². The fourth-order valence-electron chi connectivity index (χ4n) is 2.74. The van der Waals surface area contributed by atoms with Crippen LogP contribution in [0.4, 0.5) is 18.9 Å². The van der Waals surface area contributed by atoms with Crippen molar-refractivity contribution >= 4 is 23.4 Å². The third-order valence-electron chi connectivity index (χ3n) is 4.24. The maximum Gasteiger partial charge on any atom is 0.416 e. The highest BCUT2D eigenvalue weighted by Crippen LogP contribution is 2.31. The van der Waals surface area contributed by atoms with E-state index in [0.29, 0.717) is 26.2 Å². The van der Waals surface area contributed by atoms with Crippen LogP contribution < -0.4 is 4.90 Å². The zero-order valence-corrected chi connectivity index (χ0v) is 14.5. The molecular weight excluding hydrogens is 351 g/mol. The van der Waals surface area contributed by atoms with Crippen LogP contribution >= 0.6 is 0 Å². The number of rotatable bonds is 3. The maximum atomic E-state index is 12.9. The van der Waals surface area contributed by atoms with Crippen molar-refractivity contribution in [1.82, 2.24) is 9.80 Å². The van der Waals surface area contributed by atoms with Gasteiger partial charge < -0.3 is 14.7 Å². The lowest BCUT2D eigenvalue weighted by Crippen LogP contribution is -2.52. The van der Waals surface area contributed by atoms with Crippen LogP contribution in [0.15, 0.2) is 24.3 Å². The first-order valence-corrected chi connectivity index (χ1v) is 8.08. The second-order valence-electron chi connectivity index (χ2n) is 6.04. The molecule has 0 radical (unpaired) electrons. The van der Waals surface area contributed by atoms with E-state index < -0.39 is 17.6 Å². The van der Waals surface area contributed by atoms with Gasteiger partial charge in [0.05, 0.1) is 5.56 Å². The number of nitrogens with zero attached hydrogens (tertiary/aromatic N) is 3. The molecule has 0 aliphatic carbocycles. The summed E-state index contributed by atoms with van der Waals surface area (Å²) in [7, 11) is 0. The van der Waals surface area contributed by atoms with Crippen LogP contribution in [0, 0.1) is 0 Å². The van der Waals surface area contributed by atoms with Crippen LogP contribution in [0.2, 0.25) is 0 Å². The van der Waals surface area contributed by atoms with Gasteiger partial charge in [-0.2, -0.15) is 13.2 Å². The van der Waals surface area contributed by atoms with E-state index in [-0.39, 0.29) is 24.0 Å². The third-order valence-corrected chi connectivity index (χ3v) is 4.24. The third kappa shape index (κ3) is 4.74. The minimum Gasteiger partial charge on any atom is -0.339 e. The van der Waals surface area contributed by atoms with Gasteiger partial charge in [0.2, 0.25) is 17.7 Å². The number of carbonyl (C=O) groups excluding carboxylic acids is 3. The Balaban J connectivity index is 2.11. The monoisotopic (exact) mass is 371 g/mol. The number of hydrogen-bond donors (Lipinski definition) is 0. The van der Waals surface area contributed by atoms with E-state index in [1.807, 2.05) is 0 Å². The Labute approximate surface area is 149 Å². The second-order valence-corrected chi connectivity index (χ2v) is 6.04. The van der Waals surface area contributed by atoms with Gasteiger partial charge >= 0.3 is 6.18 Å². The number of carbonyl (C=O) groups is 3. The average molecular weight is 371 g/mol. The van der Waals surface area contributed by atoms with Crippen molar-refractivity contribution in [2.45, 2.75) is 20.0 Å². The van der Waals surface area contributed by atoms with Gasteiger partial charge in [-0.3, -0.25) is 14.4 Å². The first-order chi connectivity index (χ1) is 12.1. The highest BCUT2D eigenvalue weighted by molar-refractivity contribution is 5.97. The van der Waals surface area contributed by atoms with E-state index in [0.717, 1.165) is 17.0 Å². The molecular formula is C17H20F3N3O3. The molecule has 0 saturated carbocycles. The largest absolute Gasteiger partial charge is 0.416 e. The van der Waals surface area contributed by atoms with Crippen molar-refractivity contribution in [3.05, 3.63) is 29.8 Å². The van der Waals surface area contributed by atoms with Crippen molar-refractivity contribution in [3.8, 4) is 0 Å². The van der Waals surface area contributed by atoms with Crippen LogP contribution in [0.1, 0.15) is 19.4 Å². The molecule has 0 unspecified atom stereocenters. The molecule has 1 saturated heterocycles. The Morgan fingerprint density at radius 2 is 1.62 bits per heavy atom. The SMILES string of the molecule is CC(=O)N1CCN(C(=O)CN(C(C)=O)c2cccc(C(F)(F)F)c2)CC1. The number of amides is 3. The van der Waals surface area contributed by atoms with Gasteiger partial charge in [-0.1, -0.05) is 6.07 Å². The number of piperazine rings is 1. The van der Waals surface area contributed by atoms with E-state index in [4.69, 9.17) is 0 Å². The number of benzene rings is 1. The second kappa shape index (κ2) is 7.76. The van der Waals surface area contributed by atoms with Gasteiger partial charge in [-0.15, -0.1) is 0 Å². The van der Waals surface area contributed by atoms with Crippen LogP contribution in [0.25, 0.3) is 0 Å². The smallest absolute Gasteiger partial charge is 0.339 e. The molecule has 1 aromatic carbocycles. The molecule has 6 nitrogen and oxygen atoms in total. The van der Waals surface area contributed by atoms with E-state index in [2.05, 4.69) is 0 Å². The predicted octanol–water partition coefficient (Wildman–Crippen LogP) is 1.75. The minimum atomic E-state index is -4.54. The van der Waals surface area contributed by atoms with Crippen LogP contribution in [-0.4, -0.2) is 60.2 Å². The summed E-state index contributed by atoms with van der Waals surface area (Å²) < 4.78 is 38.6. The summed E-state index contributed by atoms with van der Waals surface area (Å²) in [6.45, 7) is 3.73. The maximum absolute atomic E-state index is 12.9. The van der Waals surface area contributed by atoms with E-state index in [1.54, 1.807) is 4.90 Å². The molecule has 2 rings (SSSR count). The lowest BCUT2D eigenvalue weighted by Gasteiger charge is -2.35. The van der Waals surface area contributed by atoms with Gasteiger partial charge in [-0.25, -0.2) is 0 Å². The summed E-state index contributed by atoms with van der Waals surface area (Å²) in [5.41, 5.74) is -0.869. The van der Waals surface area contributed by atoms with Crippen LogP contribution in [0.3, 0.4) is 0 Å². The Bertz CT molecular complexity index is 698. The van der Waals surface area contributed by atoms with Gasteiger partial charge in [0.1, 0.15) is 6.54 Å². The minimum absolute atomic E-state index is 0.0167. The molecule has 9 heteroatoms. The van der Waals surface area contributed by atoms with E-state index in [1.165, 1.54) is 30.9 Å². The molecule has 0 aromatic heterocycles. The lowest BCUT2D eigenvalue weighted by molar-refractivity contribution is -0.138. The number of anilines is 1. The van der Waals surface area contributed by atoms with Gasteiger partial charge in [0, 0.05) is 45.7 Å². The molecule has 1 heterocycles. The van der Waals surface area contributed by atoms with Crippen molar-refractivity contribution in [2.75, 3.05) is 37.6 Å². The number of hydrogen-bond acceptors (Lipinski definition) is 3. The summed E-state index contributed by atoms with van der Waals surface area (Å²) in [6, 6.07) is 4.31. The number of halogens is 3. The standard InChI is InChI=1S/C17H20F3N3O3/c1-12(24)21-6-8-22(9-7-21)16(26)11-23(13(2)25)15-5-3-4-14(10-15)17(18,19)20/h3-5,10H,6-9,11H2,1-2H3. The normalized spacial score (nSPS) is 15.0. The topological polar surface area (TPSA) is 60.9 Å². The zero-order valence-electron chi connectivity index (χ0n) is 14.5. The molecule has 1 fully saturated rings. The molecule has 0 spiro atoms.